The molecule has 48 heavy (non-hydrogen) atoms. The molecule has 0 amide bonds. The fourth-order valence-corrected chi connectivity index (χ4v) is 5.90. The molecule has 0 aromatic heterocycles. The summed E-state index contributed by atoms with van der Waals surface area (Å²) in [5, 5.41) is 18.1. The maximum Gasteiger partial charge on any atom is 0.162 e. The van der Waals surface area contributed by atoms with Crippen LogP contribution >= 0.6 is 17.6 Å². The molecule has 8 heteroatoms. The van der Waals surface area contributed by atoms with Crippen LogP contribution in [0.25, 0.3) is 11.1 Å². The quantitative estimate of drug-likeness (QED) is 0.162. The Labute approximate surface area is 293 Å². The molecular weight excluding hydrogens is 638 g/mol. The smallest absolute Gasteiger partial charge is 0.162 e. The number of allylic oxidation sites excluding steroid dienone is 1. The summed E-state index contributed by atoms with van der Waals surface area (Å²) in [6.45, 7) is 23.0. The van der Waals surface area contributed by atoms with Crippen molar-refractivity contribution in [3.8, 4) is 34.1 Å². The van der Waals surface area contributed by atoms with Crippen molar-refractivity contribution in [2.24, 2.45) is 5.41 Å². The van der Waals surface area contributed by atoms with Gasteiger partial charge in [0.05, 0.1) is 14.9 Å². The highest BCUT2D eigenvalue weighted by Gasteiger charge is 2.42. The maximum atomic E-state index is 9.46. The second-order valence-corrected chi connectivity index (χ2v) is 16.8. The van der Waals surface area contributed by atoms with Crippen LogP contribution in [0.1, 0.15) is 88.1 Å². The number of hydrogen-bond acceptors (Lipinski definition) is 6. The fourth-order valence-electron chi connectivity index (χ4n) is 4.41. The molecule has 1 aliphatic carbocycles. The molecule has 0 spiro atoms. The number of rotatable bonds is 10. The lowest BCUT2D eigenvalue weighted by molar-refractivity contribution is 0.00621. The molecule has 0 radical (unpaired) electrons. The molecular formula is C40H58O6P2. The topological polar surface area (TPSA) is 77.4 Å². The van der Waals surface area contributed by atoms with Crippen LogP contribution in [0.15, 0.2) is 90.7 Å². The average molecular weight is 697 g/mol. The van der Waals surface area contributed by atoms with Crippen molar-refractivity contribution in [1.29, 1.82) is 0 Å². The third-order valence-corrected chi connectivity index (χ3v) is 10.1. The average Bonchev–Trinajstić information content (AvgIpc) is 3.05. The maximum absolute atomic E-state index is 9.46. The number of ether oxygens (including phenoxy) is 2. The lowest BCUT2D eigenvalue weighted by Gasteiger charge is -2.41. The molecule has 4 rings (SSSR count). The standard InChI is InChI=1S/C28H38O4P2.C10H14O2.C2H6/c1-20(2)33-31-25-14-10-8-12-23(25)24-13-9-11-15-26(24)32-34-28(6,27(3,4)5)30-22-18-16-21(29-7)17-19-22;1-10(2,3)8-6-7(11)4-5-9(8)12;1-2/h8-16,18-21,33-34H,17H2,1-7H3;4-6,11-12H,1-3H3;1-2H3. The SMILES string of the molecule is CC.CC(C)(C)c1cc(O)ccc1O.COC1C=CC(OC(C)(POc2ccccc2-c2ccccc2OPC(C)C)C(C)(C)C)=CC1. The molecule has 0 bridgehead atoms. The Bertz CT molecular complexity index is 1490. The summed E-state index contributed by atoms with van der Waals surface area (Å²) in [6, 6.07) is 20.9. The van der Waals surface area contributed by atoms with Gasteiger partial charge in [0.25, 0.3) is 0 Å². The second-order valence-electron chi connectivity index (χ2n) is 13.9. The van der Waals surface area contributed by atoms with Gasteiger partial charge in [-0.3, -0.25) is 0 Å². The van der Waals surface area contributed by atoms with Crippen molar-refractivity contribution in [1.82, 2.24) is 0 Å². The van der Waals surface area contributed by atoms with Crippen LogP contribution in [0.4, 0.5) is 0 Å². The van der Waals surface area contributed by atoms with Crippen LogP contribution in [-0.4, -0.2) is 34.4 Å². The van der Waals surface area contributed by atoms with Crippen LogP contribution < -0.4 is 9.05 Å². The first-order chi connectivity index (χ1) is 22.5. The Morgan fingerprint density at radius 3 is 1.81 bits per heavy atom. The van der Waals surface area contributed by atoms with Gasteiger partial charge in [-0.1, -0.05) is 112 Å². The van der Waals surface area contributed by atoms with Gasteiger partial charge in [0, 0.05) is 34.9 Å². The van der Waals surface area contributed by atoms with E-state index in [4.69, 9.17) is 18.5 Å². The minimum absolute atomic E-state index is 0.0913. The van der Waals surface area contributed by atoms with E-state index in [-0.39, 0.29) is 37.2 Å². The van der Waals surface area contributed by atoms with Gasteiger partial charge in [0.2, 0.25) is 0 Å². The normalized spacial score (nSPS) is 16.1. The second kappa shape index (κ2) is 18.6. The Morgan fingerprint density at radius 1 is 0.792 bits per heavy atom. The Balaban J connectivity index is 0.000000478. The molecule has 6 nitrogen and oxygen atoms in total. The van der Waals surface area contributed by atoms with E-state index in [0.717, 1.165) is 40.4 Å². The molecule has 3 aromatic carbocycles. The van der Waals surface area contributed by atoms with Crippen molar-refractivity contribution in [3.05, 3.63) is 96.3 Å². The van der Waals surface area contributed by atoms with Crippen molar-refractivity contribution >= 4 is 17.6 Å². The first kappa shape index (κ1) is 41.1. The van der Waals surface area contributed by atoms with E-state index in [2.05, 4.69) is 59.8 Å². The largest absolute Gasteiger partial charge is 0.508 e. The molecule has 4 atom stereocenters. The van der Waals surface area contributed by atoms with Gasteiger partial charge >= 0.3 is 0 Å². The third-order valence-electron chi connectivity index (χ3n) is 7.70. The first-order valence-corrected chi connectivity index (χ1v) is 18.6. The molecule has 4 unspecified atom stereocenters. The number of benzene rings is 3. The number of phenols is 2. The number of methoxy groups -OCH3 is 1. The summed E-state index contributed by atoms with van der Waals surface area (Å²) in [4.78, 5) is 0. The molecule has 2 N–H and O–H groups in total. The van der Waals surface area contributed by atoms with Gasteiger partial charge in [-0.25, -0.2) is 0 Å². The fraction of sp³-hybridized carbons (Fsp3) is 0.450. The van der Waals surface area contributed by atoms with E-state index in [1.807, 2.05) is 83.2 Å². The minimum atomic E-state index is -0.523. The molecule has 3 aromatic rings. The van der Waals surface area contributed by atoms with E-state index >= 15 is 0 Å². The molecule has 1 aliphatic rings. The van der Waals surface area contributed by atoms with Gasteiger partial charge in [-0.2, -0.15) is 0 Å². The molecule has 0 aliphatic heterocycles. The highest BCUT2D eigenvalue weighted by Crippen LogP contribution is 2.50. The summed E-state index contributed by atoms with van der Waals surface area (Å²) in [5.74, 6) is 3.01. The van der Waals surface area contributed by atoms with Crippen LogP contribution in [0.5, 0.6) is 23.0 Å². The highest BCUT2D eigenvalue weighted by atomic mass is 31.1. The monoisotopic (exact) mass is 696 g/mol. The minimum Gasteiger partial charge on any atom is -0.508 e. The van der Waals surface area contributed by atoms with Crippen molar-refractivity contribution in [2.75, 3.05) is 7.11 Å². The lowest BCUT2D eigenvalue weighted by atomic mass is 9.86. The van der Waals surface area contributed by atoms with Crippen LogP contribution in [0.2, 0.25) is 0 Å². The molecule has 0 heterocycles. The number of para-hydroxylation sites is 2. The zero-order valence-corrected chi connectivity index (χ0v) is 33.0. The lowest BCUT2D eigenvalue weighted by Crippen LogP contribution is -2.38. The Hall–Kier alpha value is -3.04. The van der Waals surface area contributed by atoms with Crippen molar-refractivity contribution in [3.63, 3.8) is 0 Å². The predicted molar refractivity (Wildman–Crippen MR) is 206 cm³/mol. The van der Waals surface area contributed by atoms with E-state index in [0.29, 0.717) is 14.5 Å². The summed E-state index contributed by atoms with van der Waals surface area (Å²) in [7, 11) is 2.23. The summed E-state index contributed by atoms with van der Waals surface area (Å²) in [5.41, 5.74) is 3.03. The Morgan fingerprint density at radius 2 is 1.35 bits per heavy atom. The van der Waals surface area contributed by atoms with Crippen LogP contribution in [0, 0.1) is 5.41 Å². The van der Waals surface area contributed by atoms with E-state index in [1.54, 1.807) is 13.2 Å². The molecule has 0 fully saturated rings. The Kier molecular flexibility index (Phi) is 16.0. The van der Waals surface area contributed by atoms with Crippen LogP contribution in [0.3, 0.4) is 0 Å². The zero-order valence-electron chi connectivity index (χ0n) is 31.0. The predicted octanol–water partition coefficient (Wildman–Crippen LogP) is 11.8. The van der Waals surface area contributed by atoms with Gasteiger partial charge in [-0.15, -0.1) is 0 Å². The molecule has 0 saturated carbocycles. The molecule has 0 saturated heterocycles. The van der Waals surface area contributed by atoms with Gasteiger partial charge < -0.3 is 28.7 Å². The van der Waals surface area contributed by atoms with Crippen molar-refractivity contribution in [2.45, 2.75) is 105 Å². The highest BCUT2D eigenvalue weighted by molar-refractivity contribution is 7.34. The van der Waals surface area contributed by atoms with E-state index in [9.17, 15) is 10.2 Å². The first-order valence-electron chi connectivity index (χ1n) is 16.7. The van der Waals surface area contributed by atoms with E-state index in [1.165, 1.54) is 12.1 Å². The van der Waals surface area contributed by atoms with Gasteiger partial charge in [0.15, 0.2) is 5.34 Å². The van der Waals surface area contributed by atoms with Gasteiger partial charge in [0.1, 0.15) is 37.6 Å². The number of hydrogen-bond donors (Lipinski definition) is 2. The third kappa shape index (κ3) is 12.1. The molecule has 264 valence electrons. The number of phenolic OH excluding ortho intramolecular Hbond substituents is 2. The summed E-state index contributed by atoms with van der Waals surface area (Å²) in [6.07, 6.45) is 7.07. The zero-order chi connectivity index (χ0) is 36.1. The summed E-state index contributed by atoms with van der Waals surface area (Å²) >= 11 is 0. The van der Waals surface area contributed by atoms with Crippen molar-refractivity contribution < 1.29 is 28.7 Å². The van der Waals surface area contributed by atoms with Gasteiger partial charge in [-0.05, 0) is 61.2 Å². The number of aromatic hydroxyl groups is 2. The summed E-state index contributed by atoms with van der Waals surface area (Å²) < 4.78 is 24.7. The van der Waals surface area contributed by atoms with Crippen LogP contribution in [-0.2, 0) is 14.9 Å². The van der Waals surface area contributed by atoms with E-state index < -0.39 is 5.34 Å².